The monoisotopic (exact) mass is 565 g/mol. The molecule has 0 aliphatic heterocycles. The van der Waals surface area contributed by atoms with Crippen molar-refractivity contribution in [1.82, 2.24) is 10.2 Å². The van der Waals surface area contributed by atoms with Crippen molar-refractivity contribution in [1.29, 1.82) is 0 Å². The van der Waals surface area contributed by atoms with Gasteiger partial charge in [-0.15, -0.1) is 0 Å². The van der Waals surface area contributed by atoms with E-state index in [9.17, 15) is 18.0 Å². The summed E-state index contributed by atoms with van der Waals surface area (Å²) in [5, 5.41) is 2.94. The number of amides is 2. The second kappa shape index (κ2) is 13.5. The number of methoxy groups -OCH3 is 1. The summed E-state index contributed by atoms with van der Waals surface area (Å²) in [4.78, 5) is 28.6. The molecule has 3 rings (SSSR count). The van der Waals surface area contributed by atoms with E-state index >= 15 is 0 Å². The molecule has 0 spiro atoms. The summed E-state index contributed by atoms with van der Waals surface area (Å²) in [6.07, 6.45) is 0.739. The Morgan fingerprint density at radius 3 is 2.10 bits per heavy atom. The van der Waals surface area contributed by atoms with E-state index in [0.29, 0.717) is 5.75 Å². The number of hydrogen-bond acceptors (Lipinski definition) is 5. The molecule has 3 aromatic rings. The number of benzene rings is 3. The molecular weight excluding hydrogens is 526 g/mol. The lowest BCUT2D eigenvalue weighted by Gasteiger charge is -2.32. The number of rotatable bonds is 12. The number of carbonyl (C=O) groups excluding carboxylic acids is 2. The maximum absolute atomic E-state index is 14.0. The smallest absolute Gasteiger partial charge is 0.264 e. The second-order valence-corrected chi connectivity index (χ2v) is 11.9. The summed E-state index contributed by atoms with van der Waals surface area (Å²) in [5.74, 6) is -0.359. The van der Waals surface area contributed by atoms with Crippen LogP contribution in [0.15, 0.2) is 77.7 Å². The van der Waals surface area contributed by atoms with Gasteiger partial charge in [-0.05, 0) is 63.9 Å². The highest BCUT2D eigenvalue weighted by atomic mass is 32.2. The lowest BCUT2D eigenvalue weighted by molar-refractivity contribution is -0.139. The number of ether oxygens (including phenoxy) is 1. The number of anilines is 1. The SMILES string of the molecule is CC[C@@H](C)NC(=O)[C@H](C)N(Cc1ccc(C)cc1)C(=O)CN(c1cccc(OC)c1)S(=O)(=O)c1ccc(C)cc1. The molecule has 214 valence electrons. The minimum absolute atomic E-state index is 0.0568. The Kier molecular flexibility index (Phi) is 10.3. The van der Waals surface area contributed by atoms with Crippen molar-refractivity contribution < 1.29 is 22.7 Å². The first-order chi connectivity index (χ1) is 19.0. The quantitative estimate of drug-likeness (QED) is 0.339. The number of sulfonamides is 1. The predicted octanol–water partition coefficient (Wildman–Crippen LogP) is 4.84. The maximum atomic E-state index is 14.0. The third-order valence-electron chi connectivity index (χ3n) is 6.87. The molecular formula is C31H39N3O5S. The number of nitrogens with one attached hydrogen (secondary N) is 1. The predicted molar refractivity (Wildman–Crippen MR) is 158 cm³/mol. The van der Waals surface area contributed by atoms with E-state index in [1.165, 1.54) is 24.1 Å². The third-order valence-corrected chi connectivity index (χ3v) is 8.66. The van der Waals surface area contributed by atoms with Crippen molar-refractivity contribution in [2.75, 3.05) is 18.0 Å². The van der Waals surface area contributed by atoms with Crippen LogP contribution in [0.4, 0.5) is 5.69 Å². The van der Waals surface area contributed by atoms with E-state index in [-0.39, 0.29) is 29.1 Å². The van der Waals surface area contributed by atoms with Gasteiger partial charge in [-0.25, -0.2) is 8.42 Å². The molecule has 0 aromatic heterocycles. The van der Waals surface area contributed by atoms with Crippen molar-refractivity contribution in [3.05, 3.63) is 89.5 Å². The van der Waals surface area contributed by atoms with Crippen molar-refractivity contribution >= 4 is 27.5 Å². The van der Waals surface area contributed by atoms with E-state index < -0.39 is 28.5 Å². The first-order valence-corrected chi connectivity index (χ1v) is 14.8. The zero-order valence-corrected chi connectivity index (χ0v) is 24.9. The van der Waals surface area contributed by atoms with E-state index in [2.05, 4.69) is 5.32 Å². The van der Waals surface area contributed by atoms with Gasteiger partial charge >= 0.3 is 0 Å². The molecule has 8 nitrogen and oxygen atoms in total. The molecule has 2 atom stereocenters. The largest absolute Gasteiger partial charge is 0.497 e. The van der Waals surface area contributed by atoms with E-state index in [4.69, 9.17) is 4.74 Å². The molecule has 1 N–H and O–H groups in total. The van der Waals surface area contributed by atoms with Gasteiger partial charge in [0.2, 0.25) is 11.8 Å². The molecule has 2 amide bonds. The minimum atomic E-state index is -4.14. The fourth-order valence-corrected chi connectivity index (χ4v) is 5.48. The number of hydrogen-bond donors (Lipinski definition) is 1. The molecule has 0 saturated heterocycles. The third kappa shape index (κ3) is 7.63. The number of carbonyl (C=O) groups is 2. The molecule has 0 saturated carbocycles. The highest BCUT2D eigenvalue weighted by molar-refractivity contribution is 7.92. The van der Waals surface area contributed by atoms with Gasteiger partial charge in [0.25, 0.3) is 10.0 Å². The van der Waals surface area contributed by atoms with Gasteiger partial charge in [0, 0.05) is 18.7 Å². The highest BCUT2D eigenvalue weighted by Crippen LogP contribution is 2.28. The summed E-state index contributed by atoms with van der Waals surface area (Å²) in [6, 6.07) is 19.8. The molecule has 0 fully saturated rings. The Labute approximate surface area is 238 Å². The van der Waals surface area contributed by atoms with Crippen LogP contribution >= 0.6 is 0 Å². The summed E-state index contributed by atoms with van der Waals surface area (Å²) < 4.78 is 34.2. The average molecular weight is 566 g/mol. The van der Waals surface area contributed by atoms with Gasteiger partial charge in [-0.2, -0.15) is 0 Å². The molecule has 0 bridgehead atoms. The molecule has 9 heteroatoms. The van der Waals surface area contributed by atoms with Crippen LogP contribution in [0.25, 0.3) is 0 Å². The van der Waals surface area contributed by atoms with Crippen molar-refractivity contribution in [2.24, 2.45) is 0 Å². The van der Waals surface area contributed by atoms with Gasteiger partial charge < -0.3 is 15.0 Å². The van der Waals surface area contributed by atoms with Gasteiger partial charge in [0.05, 0.1) is 17.7 Å². The van der Waals surface area contributed by atoms with Gasteiger partial charge in [0.1, 0.15) is 18.3 Å². The molecule has 0 aliphatic carbocycles. The summed E-state index contributed by atoms with van der Waals surface area (Å²) in [7, 11) is -2.65. The highest BCUT2D eigenvalue weighted by Gasteiger charge is 2.33. The van der Waals surface area contributed by atoms with E-state index in [1.54, 1.807) is 43.3 Å². The standard InChI is InChI=1S/C31H39N3O5S/c1-7-24(4)32-31(36)25(5)33(20-26-15-11-22(2)12-16-26)30(35)21-34(27-9-8-10-28(19-27)39-6)40(37,38)29-17-13-23(3)14-18-29/h8-19,24-25H,7,20-21H2,1-6H3,(H,32,36)/t24-,25+/m1/s1. The Morgan fingerprint density at radius 1 is 0.925 bits per heavy atom. The normalized spacial score (nSPS) is 12.8. The van der Waals surface area contributed by atoms with Crippen LogP contribution in [-0.2, 0) is 26.2 Å². The van der Waals surface area contributed by atoms with Gasteiger partial charge in [-0.3, -0.25) is 13.9 Å². The summed E-state index contributed by atoms with van der Waals surface area (Å²) in [5.41, 5.74) is 3.09. The Bertz CT molecular complexity index is 1410. The first-order valence-electron chi connectivity index (χ1n) is 13.3. The summed E-state index contributed by atoms with van der Waals surface area (Å²) >= 11 is 0. The maximum Gasteiger partial charge on any atom is 0.264 e. The van der Waals surface area contributed by atoms with Crippen LogP contribution in [-0.4, -0.2) is 50.9 Å². The van der Waals surface area contributed by atoms with Crippen LogP contribution in [0.3, 0.4) is 0 Å². The molecule has 0 aliphatic rings. The Morgan fingerprint density at radius 2 is 1.52 bits per heavy atom. The van der Waals surface area contributed by atoms with Crippen molar-refractivity contribution in [2.45, 2.75) is 64.6 Å². The van der Waals surface area contributed by atoms with Crippen LogP contribution in [0.1, 0.15) is 43.9 Å². The lowest BCUT2D eigenvalue weighted by atomic mass is 10.1. The van der Waals surface area contributed by atoms with E-state index in [1.807, 2.05) is 52.0 Å². The topological polar surface area (TPSA) is 96.0 Å². The molecule has 0 radical (unpaired) electrons. The lowest BCUT2D eigenvalue weighted by Crippen LogP contribution is -2.52. The van der Waals surface area contributed by atoms with Crippen LogP contribution < -0.4 is 14.4 Å². The molecule has 0 unspecified atom stereocenters. The fourth-order valence-electron chi connectivity index (χ4n) is 4.07. The van der Waals surface area contributed by atoms with Crippen LogP contribution in [0.5, 0.6) is 5.75 Å². The van der Waals surface area contributed by atoms with Crippen molar-refractivity contribution in [3.63, 3.8) is 0 Å². The van der Waals surface area contributed by atoms with Crippen LogP contribution in [0, 0.1) is 13.8 Å². The average Bonchev–Trinajstić information content (AvgIpc) is 2.95. The second-order valence-electron chi connectivity index (χ2n) is 10.0. The van der Waals surface area contributed by atoms with Crippen molar-refractivity contribution in [3.8, 4) is 5.75 Å². The zero-order valence-electron chi connectivity index (χ0n) is 24.0. The minimum Gasteiger partial charge on any atom is -0.497 e. The van der Waals surface area contributed by atoms with Gasteiger partial charge in [0.15, 0.2) is 0 Å². The Hall–Kier alpha value is -3.85. The van der Waals surface area contributed by atoms with Gasteiger partial charge in [-0.1, -0.05) is 60.5 Å². The number of nitrogens with zero attached hydrogens (tertiary/aromatic N) is 2. The fraction of sp³-hybridized carbons (Fsp3) is 0.355. The zero-order chi connectivity index (χ0) is 29.4. The van der Waals surface area contributed by atoms with E-state index in [0.717, 1.165) is 27.4 Å². The van der Waals surface area contributed by atoms with Crippen LogP contribution in [0.2, 0.25) is 0 Å². The molecule has 3 aromatic carbocycles. The molecule has 40 heavy (non-hydrogen) atoms. The first kappa shape index (κ1) is 30.7. The Balaban J connectivity index is 2.04. The summed E-state index contributed by atoms with van der Waals surface area (Å²) in [6.45, 7) is 9.00. The molecule has 0 heterocycles. The number of aryl methyl sites for hydroxylation is 2.